The van der Waals surface area contributed by atoms with Gasteiger partial charge in [-0.1, -0.05) is 12.1 Å². The summed E-state index contributed by atoms with van der Waals surface area (Å²) in [5.74, 6) is 0. The van der Waals surface area contributed by atoms with E-state index >= 15 is 0 Å². The molecule has 0 atom stereocenters. The second-order valence-electron chi connectivity index (χ2n) is 7.12. The van der Waals surface area contributed by atoms with Gasteiger partial charge in [-0.2, -0.15) is 5.26 Å². The predicted octanol–water partition coefficient (Wildman–Crippen LogP) is 2.31. The zero-order valence-electron chi connectivity index (χ0n) is 16.2. The van der Waals surface area contributed by atoms with E-state index in [0.29, 0.717) is 16.9 Å². The highest BCUT2D eigenvalue weighted by molar-refractivity contribution is 5.98. The number of nitrogens with zero attached hydrogens (tertiary/aromatic N) is 4. The van der Waals surface area contributed by atoms with Crippen LogP contribution in [-0.2, 0) is 0 Å². The Balaban J connectivity index is 1.78. The minimum Gasteiger partial charge on any atom is -0.268 e. The van der Waals surface area contributed by atoms with Gasteiger partial charge >= 0.3 is 0 Å². The summed E-state index contributed by atoms with van der Waals surface area (Å²) in [6.45, 7) is 7.02. The van der Waals surface area contributed by atoms with Crippen LogP contribution in [0.5, 0.6) is 0 Å². The van der Waals surface area contributed by atoms with Crippen molar-refractivity contribution in [3.05, 3.63) is 119 Å². The molecule has 0 unspecified atom stereocenters. The first-order chi connectivity index (χ1) is 15.4. The zero-order chi connectivity index (χ0) is 22.6. The van der Waals surface area contributed by atoms with Crippen molar-refractivity contribution < 1.29 is 0 Å². The molecule has 0 spiro atoms. The molecule has 0 aliphatic rings. The fourth-order valence-electron chi connectivity index (χ4n) is 3.80. The number of aromatic nitrogens is 2. The van der Waals surface area contributed by atoms with Gasteiger partial charge in [0.2, 0.25) is 0 Å². The predicted molar refractivity (Wildman–Crippen MR) is 119 cm³/mol. The van der Waals surface area contributed by atoms with E-state index in [9.17, 15) is 19.2 Å². The van der Waals surface area contributed by atoms with Crippen LogP contribution in [0, 0.1) is 17.9 Å². The van der Waals surface area contributed by atoms with E-state index in [2.05, 4.69) is 4.85 Å². The third-order valence-corrected chi connectivity index (χ3v) is 5.38. The van der Waals surface area contributed by atoms with Crippen molar-refractivity contribution in [2.45, 2.75) is 0 Å². The third kappa shape index (κ3) is 2.54. The Hall–Kier alpha value is -5.08. The lowest BCUT2D eigenvalue weighted by Crippen LogP contribution is -2.24. The van der Waals surface area contributed by atoms with Crippen LogP contribution >= 0.6 is 0 Å². The normalized spacial score (nSPS) is 10.9. The molecule has 0 aliphatic heterocycles. The van der Waals surface area contributed by atoms with Gasteiger partial charge in [0.05, 0.1) is 45.4 Å². The largest absolute Gasteiger partial charge is 0.268 e. The van der Waals surface area contributed by atoms with Crippen LogP contribution in [0.4, 0.5) is 5.69 Å². The van der Waals surface area contributed by atoms with E-state index in [4.69, 9.17) is 11.8 Å². The molecule has 0 radical (unpaired) electrons. The Bertz CT molecular complexity index is 1640. The second kappa shape index (κ2) is 6.73. The van der Waals surface area contributed by atoms with Gasteiger partial charge in [0.15, 0.2) is 5.69 Å². The third-order valence-electron chi connectivity index (χ3n) is 5.38. The molecule has 0 bridgehead atoms. The number of nitriles is 1. The lowest BCUT2D eigenvalue weighted by molar-refractivity contribution is 0.988. The summed E-state index contributed by atoms with van der Waals surface area (Å²) in [4.78, 5) is 55.2. The van der Waals surface area contributed by atoms with E-state index < -0.39 is 22.2 Å². The second-order valence-corrected chi connectivity index (χ2v) is 7.12. The number of rotatable bonds is 2. The SMILES string of the molecule is [C-]#[N+]c1ccc(-n2c(=O)c3cc4c(=O)n(-c5ccc(C#N)cc5)c(=O)c4cc3c2=O)cc1. The van der Waals surface area contributed by atoms with E-state index in [1.54, 1.807) is 0 Å². The van der Waals surface area contributed by atoms with Crippen molar-refractivity contribution in [1.82, 2.24) is 9.13 Å². The molecular formula is C24H10N4O4. The van der Waals surface area contributed by atoms with Crippen molar-refractivity contribution in [2.75, 3.05) is 0 Å². The highest BCUT2D eigenvalue weighted by atomic mass is 16.2. The summed E-state index contributed by atoms with van der Waals surface area (Å²) in [5, 5.41) is 9.07. The quantitative estimate of drug-likeness (QED) is 0.409. The van der Waals surface area contributed by atoms with Crippen LogP contribution in [-0.4, -0.2) is 9.13 Å². The lowest BCUT2D eigenvalue weighted by atomic mass is 10.1. The Morgan fingerprint density at radius 1 is 0.656 bits per heavy atom. The molecule has 8 nitrogen and oxygen atoms in total. The molecule has 150 valence electrons. The maximum atomic E-state index is 13.0. The minimum atomic E-state index is -0.613. The number of hydrogen-bond donors (Lipinski definition) is 0. The van der Waals surface area contributed by atoms with Gasteiger partial charge < -0.3 is 0 Å². The molecule has 0 amide bonds. The van der Waals surface area contributed by atoms with Gasteiger partial charge in [-0.3, -0.25) is 19.2 Å². The first-order valence-corrected chi connectivity index (χ1v) is 9.38. The van der Waals surface area contributed by atoms with Crippen LogP contribution in [0.1, 0.15) is 5.56 Å². The van der Waals surface area contributed by atoms with Gasteiger partial charge in [0.25, 0.3) is 22.2 Å². The van der Waals surface area contributed by atoms with Crippen molar-refractivity contribution in [3.63, 3.8) is 0 Å². The Labute approximate surface area is 178 Å². The van der Waals surface area contributed by atoms with Gasteiger partial charge in [0.1, 0.15) is 0 Å². The monoisotopic (exact) mass is 418 g/mol. The summed E-state index contributed by atoms with van der Waals surface area (Å²) in [6.07, 6.45) is 0. The highest BCUT2D eigenvalue weighted by Gasteiger charge is 2.20. The van der Waals surface area contributed by atoms with Crippen molar-refractivity contribution in [3.8, 4) is 17.4 Å². The average Bonchev–Trinajstić information content (AvgIpc) is 3.22. The van der Waals surface area contributed by atoms with E-state index in [1.807, 2.05) is 6.07 Å². The molecule has 2 aromatic heterocycles. The van der Waals surface area contributed by atoms with Crippen LogP contribution in [0.15, 0.2) is 79.8 Å². The molecule has 5 rings (SSSR count). The van der Waals surface area contributed by atoms with E-state index in [-0.39, 0.29) is 27.2 Å². The summed E-state index contributed by atoms with van der Waals surface area (Å²) in [7, 11) is 0. The molecule has 32 heavy (non-hydrogen) atoms. The standard InChI is InChI=1S/C24H10N4O4/c1-26-14-4-8-16(9-5-14)28-23(31)19-10-17-18(11-20(19)24(28)32)22(30)27(21(17)29)15-6-2-13(12-25)3-7-15/h2-11H. The van der Waals surface area contributed by atoms with Gasteiger partial charge in [-0.05, 0) is 48.5 Å². The number of benzene rings is 3. The Kier molecular flexibility index (Phi) is 3.98. The van der Waals surface area contributed by atoms with Crippen LogP contribution in [0.2, 0.25) is 0 Å². The van der Waals surface area contributed by atoms with Gasteiger partial charge in [0, 0.05) is 5.69 Å². The fourth-order valence-corrected chi connectivity index (χ4v) is 3.80. The van der Waals surface area contributed by atoms with E-state index in [1.165, 1.54) is 60.7 Å². The number of hydrogen-bond acceptors (Lipinski definition) is 5. The lowest BCUT2D eigenvalue weighted by Gasteiger charge is -1.99. The summed E-state index contributed by atoms with van der Waals surface area (Å²) < 4.78 is 1.91. The summed E-state index contributed by atoms with van der Waals surface area (Å²) in [5.41, 5.74) is -1.13. The summed E-state index contributed by atoms with van der Waals surface area (Å²) >= 11 is 0. The first-order valence-electron chi connectivity index (χ1n) is 9.38. The maximum Gasteiger partial charge on any atom is 0.266 e. The summed E-state index contributed by atoms with van der Waals surface area (Å²) in [6, 6.07) is 16.4. The molecule has 3 aromatic carbocycles. The van der Waals surface area contributed by atoms with Crippen LogP contribution < -0.4 is 22.2 Å². The Morgan fingerprint density at radius 2 is 1.03 bits per heavy atom. The molecule has 0 fully saturated rings. The van der Waals surface area contributed by atoms with Gasteiger partial charge in [-0.25, -0.2) is 14.0 Å². The molecular weight excluding hydrogens is 408 g/mol. The maximum absolute atomic E-state index is 13.0. The first kappa shape index (κ1) is 18.9. The van der Waals surface area contributed by atoms with Crippen LogP contribution in [0.3, 0.4) is 0 Å². The molecule has 8 heteroatoms. The average molecular weight is 418 g/mol. The highest BCUT2D eigenvalue weighted by Crippen LogP contribution is 2.19. The molecule has 0 N–H and O–H groups in total. The van der Waals surface area contributed by atoms with Crippen LogP contribution in [0.25, 0.3) is 37.8 Å². The minimum absolute atomic E-state index is 0.0319. The molecule has 5 aromatic rings. The van der Waals surface area contributed by atoms with Crippen molar-refractivity contribution in [2.24, 2.45) is 0 Å². The number of fused-ring (bicyclic) bond motifs is 2. The molecule has 0 saturated heterocycles. The molecule has 0 saturated carbocycles. The topological polar surface area (TPSA) is 106 Å². The van der Waals surface area contributed by atoms with Crippen molar-refractivity contribution in [1.29, 1.82) is 5.26 Å². The van der Waals surface area contributed by atoms with Gasteiger partial charge in [-0.15, -0.1) is 0 Å². The van der Waals surface area contributed by atoms with E-state index in [0.717, 1.165) is 9.13 Å². The molecule has 0 aliphatic carbocycles. The smallest absolute Gasteiger partial charge is 0.266 e. The Morgan fingerprint density at radius 3 is 1.38 bits per heavy atom. The van der Waals surface area contributed by atoms with Crippen molar-refractivity contribution >= 4 is 27.2 Å². The zero-order valence-corrected chi connectivity index (χ0v) is 16.2. The molecule has 2 heterocycles. The fraction of sp³-hybridized carbons (Fsp3) is 0.